The van der Waals surface area contributed by atoms with Gasteiger partial charge in [-0.15, -0.1) is 0 Å². The number of ketones is 1. The van der Waals surface area contributed by atoms with E-state index in [1.54, 1.807) is 19.1 Å². The third kappa shape index (κ3) is 3.95. The highest BCUT2D eigenvalue weighted by Gasteiger charge is 2.15. The van der Waals surface area contributed by atoms with Crippen LogP contribution in [0.15, 0.2) is 42.5 Å². The van der Waals surface area contributed by atoms with Crippen molar-refractivity contribution in [2.75, 3.05) is 11.9 Å². The van der Waals surface area contributed by atoms with Gasteiger partial charge in [0, 0.05) is 23.3 Å². The maximum Gasteiger partial charge on any atom is 0.270 e. The van der Waals surface area contributed by atoms with E-state index in [4.69, 9.17) is 4.74 Å². The fraction of sp³-hybridized carbons (Fsp3) is 0.176. The molecule has 0 aliphatic carbocycles. The van der Waals surface area contributed by atoms with Gasteiger partial charge >= 0.3 is 0 Å². The Kier molecular flexibility index (Phi) is 5.26. The Balaban J connectivity index is 2.33. The molecule has 0 aliphatic heterocycles. The minimum absolute atomic E-state index is 0.139. The van der Waals surface area contributed by atoms with Gasteiger partial charge in [0.2, 0.25) is 0 Å². The van der Waals surface area contributed by atoms with E-state index in [2.05, 4.69) is 5.32 Å². The number of hydrogen-bond donors (Lipinski definition) is 1. The van der Waals surface area contributed by atoms with Crippen molar-refractivity contribution < 1.29 is 19.2 Å². The van der Waals surface area contributed by atoms with Gasteiger partial charge in [-0.3, -0.25) is 19.7 Å². The number of hydrogen-bond acceptors (Lipinski definition) is 5. The molecule has 7 nitrogen and oxygen atoms in total. The Labute approximate surface area is 138 Å². The Morgan fingerprint density at radius 1 is 1.17 bits per heavy atom. The van der Waals surface area contributed by atoms with E-state index in [0.717, 1.165) is 0 Å². The summed E-state index contributed by atoms with van der Waals surface area (Å²) in [5.41, 5.74) is 0.721. The zero-order valence-electron chi connectivity index (χ0n) is 13.2. The molecule has 0 bridgehead atoms. The van der Waals surface area contributed by atoms with E-state index >= 15 is 0 Å². The van der Waals surface area contributed by atoms with Crippen LogP contribution in [0.25, 0.3) is 0 Å². The summed E-state index contributed by atoms with van der Waals surface area (Å²) in [7, 11) is 0. The summed E-state index contributed by atoms with van der Waals surface area (Å²) < 4.78 is 5.44. The van der Waals surface area contributed by atoms with E-state index in [0.29, 0.717) is 23.6 Å². The Morgan fingerprint density at radius 3 is 2.54 bits per heavy atom. The topological polar surface area (TPSA) is 98.5 Å². The molecule has 0 saturated carbocycles. The zero-order valence-corrected chi connectivity index (χ0v) is 13.2. The van der Waals surface area contributed by atoms with Gasteiger partial charge in [-0.1, -0.05) is 6.07 Å². The molecule has 1 amide bonds. The molecule has 0 spiro atoms. The van der Waals surface area contributed by atoms with Crippen LogP contribution < -0.4 is 10.1 Å². The van der Waals surface area contributed by atoms with Crippen LogP contribution >= 0.6 is 0 Å². The molecule has 2 aromatic carbocycles. The first kappa shape index (κ1) is 17.1. The smallest absolute Gasteiger partial charge is 0.270 e. The molecule has 2 aromatic rings. The first-order valence-electron chi connectivity index (χ1n) is 7.26. The quantitative estimate of drug-likeness (QED) is 0.497. The number of amides is 1. The van der Waals surface area contributed by atoms with E-state index < -0.39 is 10.8 Å². The molecule has 7 heteroatoms. The van der Waals surface area contributed by atoms with Crippen molar-refractivity contribution in [2.45, 2.75) is 13.8 Å². The van der Waals surface area contributed by atoms with Crippen LogP contribution in [0, 0.1) is 10.1 Å². The summed E-state index contributed by atoms with van der Waals surface area (Å²) in [4.78, 5) is 34.1. The number of anilines is 1. The summed E-state index contributed by atoms with van der Waals surface area (Å²) in [5.74, 6) is -0.259. The monoisotopic (exact) mass is 328 g/mol. The predicted molar refractivity (Wildman–Crippen MR) is 88.7 cm³/mol. The SMILES string of the molecule is CCOc1ccc(C(C)=O)cc1NC(=O)c1cccc([N+](=O)[O-])c1. The number of nitrogens with zero attached hydrogens (tertiary/aromatic N) is 1. The lowest BCUT2D eigenvalue weighted by Gasteiger charge is -2.12. The highest BCUT2D eigenvalue weighted by Crippen LogP contribution is 2.27. The van der Waals surface area contributed by atoms with Crippen molar-refractivity contribution in [1.29, 1.82) is 0 Å². The number of rotatable bonds is 6. The maximum absolute atomic E-state index is 12.4. The normalized spacial score (nSPS) is 10.1. The third-order valence-corrected chi connectivity index (χ3v) is 3.25. The van der Waals surface area contributed by atoms with Gasteiger partial charge in [-0.05, 0) is 38.1 Å². The molecule has 124 valence electrons. The van der Waals surface area contributed by atoms with E-state index in [1.807, 2.05) is 0 Å². The molecule has 0 heterocycles. The maximum atomic E-state index is 12.4. The fourth-order valence-corrected chi connectivity index (χ4v) is 2.08. The van der Waals surface area contributed by atoms with Gasteiger partial charge in [0.1, 0.15) is 5.75 Å². The third-order valence-electron chi connectivity index (χ3n) is 3.25. The molecular weight excluding hydrogens is 312 g/mol. The number of non-ortho nitro benzene ring substituents is 1. The second-order valence-electron chi connectivity index (χ2n) is 4.96. The van der Waals surface area contributed by atoms with Crippen LogP contribution in [0.4, 0.5) is 11.4 Å². The summed E-state index contributed by atoms with van der Waals surface area (Å²) in [6.07, 6.45) is 0. The van der Waals surface area contributed by atoms with Gasteiger partial charge in [0.15, 0.2) is 5.78 Å². The van der Waals surface area contributed by atoms with Crippen LogP contribution in [-0.4, -0.2) is 23.2 Å². The Hall–Kier alpha value is -3.22. The summed E-state index contributed by atoms with van der Waals surface area (Å²) >= 11 is 0. The Morgan fingerprint density at radius 2 is 1.92 bits per heavy atom. The molecule has 0 aromatic heterocycles. The zero-order chi connectivity index (χ0) is 17.7. The van der Waals surface area contributed by atoms with E-state index in [9.17, 15) is 19.7 Å². The van der Waals surface area contributed by atoms with Gasteiger partial charge in [0.25, 0.3) is 11.6 Å². The van der Waals surface area contributed by atoms with Crippen molar-refractivity contribution in [3.05, 3.63) is 63.7 Å². The molecule has 0 unspecified atom stereocenters. The average molecular weight is 328 g/mol. The molecule has 0 atom stereocenters. The first-order chi connectivity index (χ1) is 11.4. The number of nitro groups is 1. The van der Waals surface area contributed by atoms with Crippen LogP contribution in [-0.2, 0) is 0 Å². The highest BCUT2D eigenvalue weighted by molar-refractivity contribution is 6.06. The molecule has 24 heavy (non-hydrogen) atoms. The first-order valence-corrected chi connectivity index (χ1v) is 7.26. The van der Waals surface area contributed by atoms with Crippen LogP contribution in [0.2, 0.25) is 0 Å². The molecular formula is C17H16N2O5. The van der Waals surface area contributed by atoms with Gasteiger partial charge in [-0.2, -0.15) is 0 Å². The molecule has 2 rings (SSSR count). The predicted octanol–water partition coefficient (Wildman–Crippen LogP) is 3.45. The van der Waals surface area contributed by atoms with Crippen molar-refractivity contribution in [1.82, 2.24) is 0 Å². The largest absolute Gasteiger partial charge is 0.492 e. The van der Waals surface area contributed by atoms with E-state index in [-0.39, 0.29) is 17.0 Å². The molecule has 0 aliphatic rings. The van der Waals surface area contributed by atoms with Gasteiger partial charge < -0.3 is 10.1 Å². The standard InChI is InChI=1S/C17H16N2O5/c1-3-24-16-8-7-12(11(2)20)10-15(16)18-17(21)13-5-4-6-14(9-13)19(22)23/h4-10H,3H2,1-2H3,(H,18,21). The number of benzene rings is 2. The van der Waals surface area contributed by atoms with Crippen LogP contribution in [0.1, 0.15) is 34.6 Å². The van der Waals surface area contributed by atoms with Gasteiger partial charge in [0.05, 0.1) is 17.2 Å². The van der Waals surface area contributed by atoms with E-state index in [1.165, 1.54) is 37.3 Å². The lowest BCUT2D eigenvalue weighted by Crippen LogP contribution is -2.13. The van der Waals surface area contributed by atoms with Crippen LogP contribution in [0.3, 0.4) is 0 Å². The van der Waals surface area contributed by atoms with Gasteiger partial charge in [-0.25, -0.2) is 0 Å². The van der Waals surface area contributed by atoms with Crippen molar-refractivity contribution in [3.8, 4) is 5.75 Å². The lowest BCUT2D eigenvalue weighted by atomic mass is 10.1. The number of carbonyl (C=O) groups excluding carboxylic acids is 2. The number of ether oxygens (including phenoxy) is 1. The number of Topliss-reactive ketones (excluding diaryl/α,β-unsaturated/α-hetero) is 1. The summed E-state index contributed by atoms with van der Waals surface area (Å²) in [6, 6.07) is 10.1. The number of nitrogens with one attached hydrogen (secondary N) is 1. The number of carbonyl (C=O) groups is 2. The lowest BCUT2D eigenvalue weighted by molar-refractivity contribution is -0.384. The van der Waals surface area contributed by atoms with Crippen molar-refractivity contribution in [2.24, 2.45) is 0 Å². The Bertz CT molecular complexity index is 801. The minimum Gasteiger partial charge on any atom is -0.492 e. The second-order valence-corrected chi connectivity index (χ2v) is 4.96. The van der Waals surface area contributed by atoms with Crippen molar-refractivity contribution >= 4 is 23.1 Å². The molecule has 0 fully saturated rings. The van der Waals surface area contributed by atoms with Crippen molar-refractivity contribution in [3.63, 3.8) is 0 Å². The summed E-state index contributed by atoms with van der Waals surface area (Å²) in [5, 5.41) is 13.4. The molecule has 0 radical (unpaired) electrons. The molecule has 1 N–H and O–H groups in total. The highest BCUT2D eigenvalue weighted by atomic mass is 16.6. The average Bonchev–Trinajstić information content (AvgIpc) is 2.56. The van der Waals surface area contributed by atoms with Crippen LogP contribution in [0.5, 0.6) is 5.75 Å². The minimum atomic E-state index is -0.571. The molecule has 0 saturated heterocycles. The fourth-order valence-electron chi connectivity index (χ4n) is 2.08. The number of nitro benzene ring substituents is 1. The summed E-state index contributed by atoms with van der Waals surface area (Å²) in [6.45, 7) is 3.60. The second kappa shape index (κ2) is 7.36.